The highest BCUT2D eigenvalue weighted by Crippen LogP contribution is 2.04. The fourth-order valence-corrected chi connectivity index (χ4v) is 1.44. The molecule has 0 heterocycles. The first-order valence-corrected chi connectivity index (χ1v) is 5.38. The quantitative estimate of drug-likeness (QED) is 0.415. The van der Waals surface area contributed by atoms with Crippen LogP contribution < -0.4 is 5.32 Å². The van der Waals surface area contributed by atoms with Gasteiger partial charge < -0.3 is 10.2 Å². The lowest BCUT2D eigenvalue weighted by Crippen LogP contribution is -2.38. The van der Waals surface area contributed by atoms with E-state index in [4.69, 9.17) is 5.26 Å². The maximum absolute atomic E-state index is 11.1. The van der Waals surface area contributed by atoms with Gasteiger partial charge in [0.25, 0.3) is 0 Å². The van der Waals surface area contributed by atoms with E-state index in [0.29, 0.717) is 11.7 Å². The third-order valence-corrected chi connectivity index (χ3v) is 2.31. The molecule has 0 aromatic carbocycles. The number of nitrogens with one attached hydrogen (secondary N) is 1. The molecule has 78 valence electrons. The van der Waals surface area contributed by atoms with Crippen molar-refractivity contribution < 1.29 is 4.79 Å². The molecule has 0 saturated heterocycles. The summed E-state index contributed by atoms with van der Waals surface area (Å²) >= 11 is 1.35. The van der Waals surface area contributed by atoms with Crippen molar-refractivity contribution in [3.8, 4) is 6.19 Å². The van der Waals surface area contributed by atoms with E-state index < -0.39 is 0 Å². The van der Waals surface area contributed by atoms with Gasteiger partial charge in [0.1, 0.15) is 0 Å². The highest BCUT2D eigenvalue weighted by Gasteiger charge is 2.11. The van der Waals surface area contributed by atoms with Crippen LogP contribution in [0, 0.1) is 11.5 Å². The third-order valence-electron chi connectivity index (χ3n) is 1.59. The molecule has 0 radical (unpaired) electrons. The molecule has 0 aliphatic carbocycles. The number of amidine groups is 1. The Labute approximate surface area is 88.2 Å². The van der Waals surface area contributed by atoms with Crippen LogP contribution in [0.2, 0.25) is 0 Å². The van der Waals surface area contributed by atoms with Crippen LogP contribution in [0.5, 0.6) is 0 Å². The van der Waals surface area contributed by atoms with Gasteiger partial charge in [-0.3, -0.25) is 4.79 Å². The smallest absolute Gasteiger partial charge is 0.239 e. The average Bonchev–Trinajstić information content (AvgIpc) is 2.22. The predicted octanol–water partition coefficient (Wildman–Crippen LogP) is 0.254. The molecule has 0 unspecified atom stereocenters. The lowest BCUT2D eigenvalue weighted by atomic mass is 10.5. The summed E-state index contributed by atoms with van der Waals surface area (Å²) in [5, 5.41) is 11.5. The second kappa shape index (κ2) is 7.21. The van der Waals surface area contributed by atoms with Gasteiger partial charge in [0, 0.05) is 13.6 Å². The van der Waals surface area contributed by atoms with Crippen molar-refractivity contribution in [1.82, 2.24) is 10.2 Å². The van der Waals surface area contributed by atoms with Crippen molar-refractivity contribution in [2.75, 3.05) is 26.4 Å². The van der Waals surface area contributed by atoms with Crippen LogP contribution in [0.15, 0.2) is 4.99 Å². The first-order chi connectivity index (χ1) is 6.69. The SMILES string of the molecule is CCN(CC(=O)NC)C(=NC#N)SC. The molecular weight excluding hydrogens is 200 g/mol. The summed E-state index contributed by atoms with van der Waals surface area (Å²) in [4.78, 5) is 16.5. The number of thioether (sulfide) groups is 1. The Morgan fingerprint density at radius 1 is 1.71 bits per heavy atom. The van der Waals surface area contributed by atoms with E-state index in [1.807, 2.05) is 13.2 Å². The number of amides is 1. The van der Waals surface area contributed by atoms with Crippen LogP contribution in [-0.2, 0) is 4.79 Å². The van der Waals surface area contributed by atoms with Crippen LogP contribution in [0.4, 0.5) is 0 Å². The zero-order valence-corrected chi connectivity index (χ0v) is 9.39. The topological polar surface area (TPSA) is 68.5 Å². The van der Waals surface area contributed by atoms with E-state index in [1.165, 1.54) is 11.8 Å². The first-order valence-electron chi connectivity index (χ1n) is 4.15. The van der Waals surface area contributed by atoms with E-state index in [0.717, 1.165) is 0 Å². The molecule has 0 rings (SSSR count). The summed E-state index contributed by atoms with van der Waals surface area (Å²) in [5.74, 6) is -0.0912. The molecular formula is C8H14N4OS. The summed E-state index contributed by atoms with van der Waals surface area (Å²) in [6.07, 6.45) is 3.54. The van der Waals surface area contributed by atoms with Gasteiger partial charge >= 0.3 is 0 Å². The molecule has 1 N–H and O–H groups in total. The van der Waals surface area contributed by atoms with Crippen molar-refractivity contribution in [1.29, 1.82) is 5.26 Å². The number of carbonyl (C=O) groups excluding carboxylic acids is 1. The number of nitriles is 1. The van der Waals surface area contributed by atoms with Crippen LogP contribution in [0.3, 0.4) is 0 Å². The number of hydrogen-bond acceptors (Lipinski definition) is 4. The highest BCUT2D eigenvalue weighted by molar-refractivity contribution is 8.13. The molecule has 0 aliphatic heterocycles. The Morgan fingerprint density at radius 3 is 2.71 bits per heavy atom. The Morgan fingerprint density at radius 2 is 2.36 bits per heavy atom. The van der Waals surface area contributed by atoms with Gasteiger partial charge in [-0.05, 0) is 13.2 Å². The second-order valence-corrected chi connectivity index (χ2v) is 3.16. The average molecular weight is 214 g/mol. The van der Waals surface area contributed by atoms with Gasteiger partial charge in [0.15, 0.2) is 5.17 Å². The second-order valence-electron chi connectivity index (χ2n) is 2.39. The number of likely N-dealkylation sites (N-methyl/N-ethyl adjacent to an activating group) is 2. The van der Waals surface area contributed by atoms with Gasteiger partial charge in [-0.25, -0.2) is 0 Å². The lowest BCUT2D eigenvalue weighted by molar-refractivity contribution is -0.120. The van der Waals surface area contributed by atoms with Crippen molar-refractivity contribution >= 4 is 22.8 Å². The van der Waals surface area contributed by atoms with E-state index in [-0.39, 0.29) is 12.5 Å². The molecule has 14 heavy (non-hydrogen) atoms. The van der Waals surface area contributed by atoms with Crippen molar-refractivity contribution in [3.05, 3.63) is 0 Å². The van der Waals surface area contributed by atoms with Gasteiger partial charge in [-0.1, -0.05) is 11.8 Å². The maximum atomic E-state index is 11.1. The molecule has 0 aromatic rings. The minimum Gasteiger partial charge on any atom is -0.358 e. The molecule has 0 bridgehead atoms. The van der Waals surface area contributed by atoms with Crippen LogP contribution in [0.1, 0.15) is 6.92 Å². The minimum absolute atomic E-state index is 0.0912. The fraction of sp³-hybridized carbons (Fsp3) is 0.625. The first kappa shape index (κ1) is 12.8. The third kappa shape index (κ3) is 4.14. The molecule has 0 spiro atoms. The van der Waals surface area contributed by atoms with Crippen molar-refractivity contribution in [2.24, 2.45) is 4.99 Å². The molecule has 0 fully saturated rings. The van der Waals surface area contributed by atoms with Crippen LogP contribution >= 0.6 is 11.8 Å². The number of rotatable bonds is 3. The number of aliphatic imine (C=N–C) groups is 1. The number of nitrogens with zero attached hydrogens (tertiary/aromatic N) is 3. The molecule has 0 aliphatic rings. The van der Waals surface area contributed by atoms with Crippen LogP contribution in [0.25, 0.3) is 0 Å². The molecule has 0 aromatic heterocycles. The Kier molecular flexibility index (Phi) is 6.58. The summed E-state index contributed by atoms with van der Waals surface area (Å²) in [6, 6.07) is 0. The van der Waals surface area contributed by atoms with E-state index in [9.17, 15) is 4.79 Å². The highest BCUT2D eigenvalue weighted by atomic mass is 32.2. The van der Waals surface area contributed by atoms with Gasteiger partial charge in [0.05, 0.1) is 6.54 Å². The number of hydrogen-bond donors (Lipinski definition) is 1. The molecule has 5 nitrogen and oxygen atoms in total. The number of carbonyl (C=O) groups is 1. The van der Waals surface area contributed by atoms with Crippen molar-refractivity contribution in [2.45, 2.75) is 6.92 Å². The van der Waals surface area contributed by atoms with E-state index >= 15 is 0 Å². The summed E-state index contributed by atoms with van der Waals surface area (Å²) in [5.41, 5.74) is 0. The lowest BCUT2D eigenvalue weighted by Gasteiger charge is -2.20. The normalized spacial score (nSPS) is 10.6. The largest absolute Gasteiger partial charge is 0.358 e. The summed E-state index contributed by atoms with van der Waals surface area (Å²) in [6.45, 7) is 2.79. The van der Waals surface area contributed by atoms with Crippen molar-refractivity contribution in [3.63, 3.8) is 0 Å². The molecule has 1 amide bonds. The Balaban J connectivity index is 4.46. The zero-order chi connectivity index (χ0) is 11.0. The Bertz CT molecular complexity index is 259. The molecule has 6 heteroatoms. The van der Waals surface area contributed by atoms with Gasteiger partial charge in [0.2, 0.25) is 12.1 Å². The van der Waals surface area contributed by atoms with E-state index in [2.05, 4.69) is 10.3 Å². The summed E-state index contributed by atoms with van der Waals surface area (Å²) in [7, 11) is 1.58. The predicted molar refractivity (Wildman–Crippen MR) is 57.9 cm³/mol. The maximum Gasteiger partial charge on any atom is 0.239 e. The monoisotopic (exact) mass is 214 g/mol. The molecule has 0 saturated carbocycles. The summed E-state index contributed by atoms with van der Waals surface area (Å²) < 4.78 is 0. The van der Waals surface area contributed by atoms with Crippen LogP contribution in [-0.4, -0.2) is 42.4 Å². The standard InChI is InChI=1S/C8H14N4OS/c1-4-12(5-7(13)10-2)8(14-3)11-6-9/h4-5H2,1-3H3,(H,10,13). The molecule has 0 atom stereocenters. The van der Waals surface area contributed by atoms with Gasteiger partial charge in [-0.15, -0.1) is 4.99 Å². The fourth-order valence-electron chi connectivity index (χ4n) is 0.855. The minimum atomic E-state index is -0.0912. The zero-order valence-electron chi connectivity index (χ0n) is 8.57. The van der Waals surface area contributed by atoms with Gasteiger partial charge in [-0.2, -0.15) is 5.26 Å². The Hall–Kier alpha value is -1.22. The van der Waals surface area contributed by atoms with E-state index in [1.54, 1.807) is 18.1 Å².